The van der Waals surface area contributed by atoms with E-state index in [9.17, 15) is 10.2 Å². The third kappa shape index (κ3) is 6.91. The molecule has 0 spiro atoms. The van der Waals surface area contributed by atoms with Crippen LogP contribution in [-0.4, -0.2) is 61.7 Å². The zero-order valence-electron chi connectivity index (χ0n) is 14.6. The van der Waals surface area contributed by atoms with Crippen molar-refractivity contribution in [1.29, 1.82) is 0 Å². The van der Waals surface area contributed by atoms with E-state index in [1.54, 1.807) is 31.4 Å². The molecule has 1 atom stereocenters. The zero-order chi connectivity index (χ0) is 18.1. The first-order chi connectivity index (χ1) is 12.1. The Bertz CT molecular complexity index is 632. The van der Waals surface area contributed by atoms with E-state index in [0.29, 0.717) is 25.4 Å². The minimum absolute atomic E-state index is 0.184. The van der Waals surface area contributed by atoms with Crippen LogP contribution in [0.3, 0.4) is 0 Å². The van der Waals surface area contributed by atoms with Crippen molar-refractivity contribution < 1.29 is 24.4 Å². The monoisotopic (exact) mass is 347 g/mol. The standard InChI is InChI=1S/C19H25NO5/c1-20(10-11-24-19-5-3-4-18(12-19)23-2)13-16(22)14-25-17-8-6-15(21)7-9-17/h3-9,12,16,21-22H,10-11,13-14H2,1-2H3. The van der Waals surface area contributed by atoms with Crippen molar-refractivity contribution in [2.24, 2.45) is 0 Å². The number of likely N-dealkylation sites (N-methyl/N-ethyl adjacent to an activating group) is 1. The van der Waals surface area contributed by atoms with Crippen LogP contribution in [0.5, 0.6) is 23.0 Å². The van der Waals surface area contributed by atoms with Gasteiger partial charge in [-0.25, -0.2) is 0 Å². The van der Waals surface area contributed by atoms with Crippen LogP contribution in [0.1, 0.15) is 0 Å². The van der Waals surface area contributed by atoms with E-state index < -0.39 is 6.10 Å². The molecule has 0 aliphatic rings. The summed E-state index contributed by atoms with van der Waals surface area (Å²) in [6.07, 6.45) is -0.615. The van der Waals surface area contributed by atoms with Crippen molar-refractivity contribution in [1.82, 2.24) is 4.90 Å². The highest BCUT2D eigenvalue weighted by Gasteiger charge is 2.09. The number of ether oxygens (including phenoxy) is 3. The summed E-state index contributed by atoms with van der Waals surface area (Å²) in [4.78, 5) is 1.98. The third-order valence-electron chi connectivity index (χ3n) is 3.58. The smallest absolute Gasteiger partial charge is 0.123 e. The van der Waals surface area contributed by atoms with Crippen LogP contribution < -0.4 is 14.2 Å². The molecule has 2 N–H and O–H groups in total. The van der Waals surface area contributed by atoms with E-state index in [-0.39, 0.29) is 12.4 Å². The molecule has 0 fully saturated rings. The van der Waals surface area contributed by atoms with Gasteiger partial charge in [-0.3, -0.25) is 0 Å². The van der Waals surface area contributed by atoms with Crippen molar-refractivity contribution in [2.45, 2.75) is 6.10 Å². The first kappa shape index (κ1) is 18.9. The molecule has 0 bridgehead atoms. The Balaban J connectivity index is 1.65. The number of nitrogens with zero attached hydrogens (tertiary/aromatic N) is 1. The van der Waals surface area contributed by atoms with Crippen molar-refractivity contribution in [3.63, 3.8) is 0 Å². The zero-order valence-corrected chi connectivity index (χ0v) is 14.6. The summed E-state index contributed by atoms with van der Waals surface area (Å²) in [5.41, 5.74) is 0. The van der Waals surface area contributed by atoms with Crippen LogP contribution in [0.15, 0.2) is 48.5 Å². The molecular formula is C19H25NO5. The van der Waals surface area contributed by atoms with Crippen molar-refractivity contribution >= 4 is 0 Å². The predicted molar refractivity (Wildman–Crippen MR) is 95.6 cm³/mol. The number of aromatic hydroxyl groups is 1. The molecule has 0 aliphatic carbocycles. The van der Waals surface area contributed by atoms with Crippen LogP contribution >= 0.6 is 0 Å². The molecule has 136 valence electrons. The number of hydrogen-bond donors (Lipinski definition) is 2. The molecule has 0 saturated heterocycles. The normalized spacial score (nSPS) is 12.0. The quantitative estimate of drug-likeness (QED) is 0.686. The summed E-state index contributed by atoms with van der Waals surface area (Å²) in [6, 6.07) is 13.9. The van der Waals surface area contributed by atoms with E-state index in [1.807, 2.05) is 36.2 Å². The molecule has 6 nitrogen and oxygen atoms in total. The van der Waals surface area contributed by atoms with E-state index in [0.717, 1.165) is 11.5 Å². The molecule has 0 saturated carbocycles. The maximum Gasteiger partial charge on any atom is 0.123 e. The summed E-state index contributed by atoms with van der Waals surface area (Å²) in [5, 5.41) is 19.3. The molecule has 2 aromatic carbocycles. The lowest BCUT2D eigenvalue weighted by Crippen LogP contribution is -2.35. The molecular weight excluding hydrogens is 322 g/mol. The van der Waals surface area contributed by atoms with Gasteiger partial charge in [0.1, 0.15) is 42.3 Å². The van der Waals surface area contributed by atoms with Gasteiger partial charge in [0.2, 0.25) is 0 Å². The molecule has 0 aromatic heterocycles. The van der Waals surface area contributed by atoms with Crippen LogP contribution in [0, 0.1) is 0 Å². The second kappa shape index (κ2) is 9.76. The number of rotatable bonds is 10. The van der Waals surface area contributed by atoms with Gasteiger partial charge in [-0.1, -0.05) is 6.07 Å². The fraction of sp³-hybridized carbons (Fsp3) is 0.368. The second-order valence-corrected chi connectivity index (χ2v) is 5.75. The molecule has 0 radical (unpaired) electrons. The molecule has 0 heterocycles. The number of aliphatic hydroxyl groups excluding tert-OH is 1. The Hall–Kier alpha value is -2.44. The van der Waals surface area contributed by atoms with Gasteiger partial charge in [0, 0.05) is 19.2 Å². The summed E-state index contributed by atoms with van der Waals surface area (Å²) in [7, 11) is 3.53. The van der Waals surface area contributed by atoms with E-state index in [4.69, 9.17) is 14.2 Å². The number of aliphatic hydroxyl groups is 1. The number of benzene rings is 2. The fourth-order valence-corrected chi connectivity index (χ4v) is 2.25. The van der Waals surface area contributed by atoms with Gasteiger partial charge in [-0.2, -0.15) is 0 Å². The SMILES string of the molecule is COc1cccc(OCCN(C)CC(O)COc2ccc(O)cc2)c1. The maximum atomic E-state index is 10.0. The number of phenolic OH excluding ortho intramolecular Hbond substituents is 1. The Kier molecular flexibility index (Phi) is 7.37. The predicted octanol–water partition coefficient (Wildman–Crippen LogP) is 2.15. The summed E-state index contributed by atoms with van der Waals surface area (Å²) in [6.45, 7) is 1.84. The molecule has 2 rings (SSSR count). The van der Waals surface area contributed by atoms with E-state index >= 15 is 0 Å². The Morgan fingerprint density at radius 2 is 1.72 bits per heavy atom. The van der Waals surface area contributed by atoms with Gasteiger partial charge in [0.25, 0.3) is 0 Å². The molecule has 0 aliphatic heterocycles. The maximum absolute atomic E-state index is 10.0. The third-order valence-corrected chi connectivity index (χ3v) is 3.58. The van der Waals surface area contributed by atoms with Crippen molar-refractivity contribution in [2.75, 3.05) is 40.5 Å². The Morgan fingerprint density at radius 3 is 2.44 bits per heavy atom. The molecule has 2 aromatic rings. The number of methoxy groups -OCH3 is 1. The second-order valence-electron chi connectivity index (χ2n) is 5.75. The highest BCUT2D eigenvalue weighted by Crippen LogP contribution is 2.18. The molecule has 6 heteroatoms. The molecule has 0 amide bonds. The highest BCUT2D eigenvalue weighted by molar-refractivity contribution is 5.32. The van der Waals surface area contributed by atoms with Crippen LogP contribution in [0.25, 0.3) is 0 Å². The minimum atomic E-state index is -0.615. The Morgan fingerprint density at radius 1 is 1.00 bits per heavy atom. The van der Waals surface area contributed by atoms with E-state index in [2.05, 4.69) is 0 Å². The highest BCUT2D eigenvalue weighted by atomic mass is 16.5. The lowest BCUT2D eigenvalue weighted by Gasteiger charge is -2.21. The lowest BCUT2D eigenvalue weighted by molar-refractivity contribution is 0.0723. The van der Waals surface area contributed by atoms with Crippen LogP contribution in [0.4, 0.5) is 0 Å². The summed E-state index contributed by atoms with van der Waals surface area (Å²) >= 11 is 0. The Labute approximate surface area is 148 Å². The van der Waals surface area contributed by atoms with Gasteiger partial charge < -0.3 is 29.3 Å². The van der Waals surface area contributed by atoms with Crippen molar-refractivity contribution in [3.8, 4) is 23.0 Å². The van der Waals surface area contributed by atoms with Crippen LogP contribution in [-0.2, 0) is 0 Å². The van der Waals surface area contributed by atoms with Gasteiger partial charge in [0.15, 0.2) is 0 Å². The number of hydrogen-bond acceptors (Lipinski definition) is 6. The summed E-state index contributed by atoms with van der Waals surface area (Å²) in [5.74, 6) is 2.31. The van der Waals surface area contributed by atoms with E-state index in [1.165, 1.54) is 0 Å². The van der Waals surface area contributed by atoms with Crippen molar-refractivity contribution in [3.05, 3.63) is 48.5 Å². The minimum Gasteiger partial charge on any atom is -0.508 e. The lowest BCUT2D eigenvalue weighted by atomic mass is 10.3. The largest absolute Gasteiger partial charge is 0.508 e. The van der Waals surface area contributed by atoms with Gasteiger partial charge in [-0.15, -0.1) is 0 Å². The molecule has 25 heavy (non-hydrogen) atoms. The van der Waals surface area contributed by atoms with Gasteiger partial charge in [-0.05, 0) is 43.4 Å². The average Bonchev–Trinajstić information content (AvgIpc) is 2.61. The average molecular weight is 347 g/mol. The topological polar surface area (TPSA) is 71.4 Å². The van der Waals surface area contributed by atoms with Gasteiger partial charge >= 0.3 is 0 Å². The number of phenols is 1. The van der Waals surface area contributed by atoms with Crippen LogP contribution in [0.2, 0.25) is 0 Å². The first-order valence-electron chi connectivity index (χ1n) is 8.12. The summed E-state index contributed by atoms with van der Waals surface area (Å²) < 4.78 is 16.3. The molecule has 1 unspecified atom stereocenters. The first-order valence-corrected chi connectivity index (χ1v) is 8.12. The fourth-order valence-electron chi connectivity index (χ4n) is 2.25. The van der Waals surface area contributed by atoms with Gasteiger partial charge in [0.05, 0.1) is 7.11 Å².